The van der Waals surface area contributed by atoms with Gasteiger partial charge in [0.15, 0.2) is 0 Å². The Hall–Kier alpha value is -3.20. The van der Waals surface area contributed by atoms with Gasteiger partial charge in [-0.15, -0.1) is 5.11 Å². The van der Waals surface area contributed by atoms with Gasteiger partial charge >= 0.3 is 0 Å². The summed E-state index contributed by atoms with van der Waals surface area (Å²) in [5.41, 5.74) is 10.1. The maximum Gasteiger partial charge on any atom is 0.119 e. The number of benzene rings is 3. The monoisotopic (exact) mass is 367 g/mol. The van der Waals surface area contributed by atoms with Gasteiger partial charge < -0.3 is 4.57 Å². The van der Waals surface area contributed by atoms with Crippen LogP contribution in [0.25, 0.3) is 22.2 Å². The number of hydrogen-bond acceptors (Lipinski definition) is 2. The largest absolute Gasteiger partial charge is 0.342 e. The van der Waals surface area contributed by atoms with E-state index in [1.165, 1.54) is 27.8 Å². The van der Waals surface area contributed by atoms with Crippen molar-refractivity contribution >= 4 is 22.3 Å². The Morgan fingerprint density at radius 3 is 1.89 bits per heavy atom. The fourth-order valence-electron chi connectivity index (χ4n) is 4.03. The number of fused-ring (bicyclic) bond motifs is 1. The minimum atomic E-state index is 0.886. The molecule has 0 saturated heterocycles. The summed E-state index contributed by atoms with van der Waals surface area (Å²) < 4.78 is 2.22. The molecule has 140 valence electrons. The lowest BCUT2D eigenvalue weighted by molar-refractivity contribution is 0.975. The van der Waals surface area contributed by atoms with Crippen LogP contribution in [0, 0.1) is 27.7 Å². The Bertz CT molecular complexity index is 1170. The molecular formula is C25H25N3. The molecule has 1 heterocycles. The zero-order chi connectivity index (χ0) is 19.8. The second-order valence-electron chi connectivity index (χ2n) is 7.70. The van der Waals surface area contributed by atoms with Crippen LogP contribution in [0.1, 0.15) is 22.3 Å². The molecular weight excluding hydrogens is 342 g/mol. The van der Waals surface area contributed by atoms with Crippen molar-refractivity contribution in [3.8, 4) is 11.3 Å². The number of aryl methyl sites for hydroxylation is 5. The SMILES string of the molecule is Cc1cc(C)cc(N=Nc2c(-c3cc(C)cc(C)c3)n(C)c3ccccc23)c1. The first kappa shape index (κ1) is 18.2. The van der Waals surface area contributed by atoms with Crippen molar-refractivity contribution < 1.29 is 0 Å². The molecule has 3 nitrogen and oxygen atoms in total. The van der Waals surface area contributed by atoms with Gasteiger partial charge in [0.05, 0.1) is 16.9 Å². The molecule has 0 unspecified atom stereocenters. The predicted octanol–water partition coefficient (Wildman–Crippen LogP) is 7.49. The molecule has 0 fully saturated rings. The Kier molecular flexibility index (Phi) is 4.60. The second kappa shape index (κ2) is 7.08. The zero-order valence-electron chi connectivity index (χ0n) is 17.1. The Labute approximate surface area is 166 Å². The van der Waals surface area contributed by atoms with E-state index in [9.17, 15) is 0 Å². The first-order valence-corrected chi connectivity index (χ1v) is 9.58. The van der Waals surface area contributed by atoms with E-state index in [4.69, 9.17) is 5.11 Å². The van der Waals surface area contributed by atoms with Crippen LogP contribution >= 0.6 is 0 Å². The molecule has 4 rings (SSSR count). The first-order valence-electron chi connectivity index (χ1n) is 9.58. The standard InChI is InChI=1S/C25H25N3/c1-16-10-17(2)13-20(12-16)25-24(22-8-6-7-9-23(22)28(25)5)27-26-21-14-18(3)11-19(4)15-21/h6-15H,1-5H3. The highest BCUT2D eigenvalue weighted by atomic mass is 15.1. The fourth-order valence-corrected chi connectivity index (χ4v) is 4.03. The summed E-state index contributed by atoms with van der Waals surface area (Å²) in [6, 6.07) is 21.3. The molecule has 0 N–H and O–H groups in total. The summed E-state index contributed by atoms with van der Waals surface area (Å²) in [4.78, 5) is 0. The molecule has 3 aromatic carbocycles. The Morgan fingerprint density at radius 1 is 0.679 bits per heavy atom. The van der Waals surface area contributed by atoms with Gasteiger partial charge in [-0.2, -0.15) is 5.11 Å². The van der Waals surface area contributed by atoms with E-state index >= 15 is 0 Å². The topological polar surface area (TPSA) is 29.6 Å². The lowest BCUT2D eigenvalue weighted by atomic mass is 10.0. The normalized spacial score (nSPS) is 11.6. The number of hydrogen-bond donors (Lipinski definition) is 0. The quantitative estimate of drug-likeness (QED) is 0.336. The molecule has 0 saturated carbocycles. The van der Waals surface area contributed by atoms with Crippen molar-refractivity contribution in [3.63, 3.8) is 0 Å². The Morgan fingerprint density at radius 2 is 1.25 bits per heavy atom. The van der Waals surface area contributed by atoms with Crippen molar-refractivity contribution in [1.29, 1.82) is 0 Å². The third-order valence-electron chi connectivity index (χ3n) is 5.05. The highest BCUT2D eigenvalue weighted by Gasteiger charge is 2.17. The molecule has 1 aromatic heterocycles. The van der Waals surface area contributed by atoms with E-state index in [1.807, 2.05) is 0 Å². The van der Waals surface area contributed by atoms with Crippen LogP contribution in [0.15, 0.2) is 70.9 Å². The first-order chi connectivity index (χ1) is 13.4. The van der Waals surface area contributed by atoms with Crippen molar-refractivity contribution in [1.82, 2.24) is 4.57 Å². The maximum atomic E-state index is 4.75. The smallest absolute Gasteiger partial charge is 0.119 e. The van der Waals surface area contributed by atoms with Crippen LogP contribution in [-0.4, -0.2) is 4.57 Å². The van der Waals surface area contributed by atoms with Gasteiger partial charge in [0.1, 0.15) is 5.69 Å². The van der Waals surface area contributed by atoms with Crippen LogP contribution < -0.4 is 0 Å². The molecule has 28 heavy (non-hydrogen) atoms. The average Bonchev–Trinajstić information content (AvgIpc) is 2.91. The molecule has 0 bridgehead atoms. The number of aromatic nitrogens is 1. The molecule has 0 aliphatic heterocycles. The Balaban J connectivity index is 1.95. The van der Waals surface area contributed by atoms with Crippen LogP contribution in [0.5, 0.6) is 0 Å². The van der Waals surface area contributed by atoms with E-state index in [0.29, 0.717) is 0 Å². The number of azo groups is 1. The third-order valence-corrected chi connectivity index (χ3v) is 5.05. The van der Waals surface area contributed by atoms with Crippen LogP contribution in [-0.2, 0) is 7.05 Å². The predicted molar refractivity (Wildman–Crippen MR) is 118 cm³/mol. The van der Waals surface area contributed by atoms with Crippen LogP contribution in [0.4, 0.5) is 11.4 Å². The summed E-state index contributed by atoms with van der Waals surface area (Å²) in [5, 5.41) is 10.5. The van der Waals surface area contributed by atoms with Crippen LogP contribution in [0.3, 0.4) is 0 Å². The molecule has 0 spiro atoms. The van der Waals surface area contributed by atoms with Gasteiger partial charge in [0.25, 0.3) is 0 Å². The van der Waals surface area contributed by atoms with Crippen molar-refractivity contribution in [2.24, 2.45) is 17.3 Å². The van der Waals surface area contributed by atoms with E-state index in [0.717, 1.165) is 28.0 Å². The highest BCUT2D eigenvalue weighted by molar-refractivity contribution is 6.00. The van der Waals surface area contributed by atoms with Gasteiger partial charge in [-0.05, 0) is 69.2 Å². The molecule has 4 aromatic rings. The zero-order valence-corrected chi connectivity index (χ0v) is 17.1. The summed E-state index contributed by atoms with van der Waals surface area (Å²) in [5.74, 6) is 0. The number of rotatable bonds is 3. The maximum absolute atomic E-state index is 4.75. The van der Waals surface area contributed by atoms with Crippen molar-refractivity contribution in [2.75, 3.05) is 0 Å². The lowest BCUT2D eigenvalue weighted by Gasteiger charge is -2.08. The van der Waals surface area contributed by atoms with Crippen molar-refractivity contribution in [3.05, 3.63) is 82.9 Å². The molecule has 0 aliphatic rings. The van der Waals surface area contributed by atoms with Crippen LogP contribution in [0.2, 0.25) is 0 Å². The fraction of sp³-hybridized carbons (Fsp3) is 0.200. The van der Waals surface area contributed by atoms with Gasteiger partial charge in [-0.1, -0.05) is 41.5 Å². The van der Waals surface area contributed by atoms with Gasteiger partial charge in [0, 0.05) is 18.0 Å². The van der Waals surface area contributed by atoms with Gasteiger partial charge in [0.2, 0.25) is 0 Å². The summed E-state index contributed by atoms with van der Waals surface area (Å²) in [7, 11) is 2.10. The summed E-state index contributed by atoms with van der Waals surface area (Å²) in [6.45, 7) is 8.45. The molecule has 0 radical (unpaired) electrons. The highest BCUT2D eigenvalue weighted by Crippen LogP contribution is 2.40. The van der Waals surface area contributed by atoms with Gasteiger partial charge in [-0.25, -0.2) is 0 Å². The number of nitrogens with zero attached hydrogens (tertiary/aromatic N) is 3. The molecule has 3 heteroatoms. The minimum Gasteiger partial charge on any atom is -0.342 e. The second-order valence-corrected chi connectivity index (χ2v) is 7.70. The van der Waals surface area contributed by atoms with E-state index in [2.05, 4.69) is 105 Å². The van der Waals surface area contributed by atoms with Crippen molar-refractivity contribution in [2.45, 2.75) is 27.7 Å². The molecule has 0 aliphatic carbocycles. The lowest BCUT2D eigenvalue weighted by Crippen LogP contribution is -1.92. The van der Waals surface area contributed by atoms with E-state index in [1.54, 1.807) is 0 Å². The third kappa shape index (κ3) is 3.36. The molecule has 0 amide bonds. The average molecular weight is 367 g/mol. The van der Waals surface area contributed by atoms with E-state index < -0.39 is 0 Å². The minimum absolute atomic E-state index is 0.886. The van der Waals surface area contributed by atoms with Gasteiger partial charge in [-0.3, -0.25) is 0 Å². The summed E-state index contributed by atoms with van der Waals surface area (Å²) in [6.07, 6.45) is 0. The van der Waals surface area contributed by atoms with E-state index in [-0.39, 0.29) is 0 Å². The number of para-hydroxylation sites is 1. The summed E-state index contributed by atoms with van der Waals surface area (Å²) >= 11 is 0. The molecule has 0 atom stereocenters.